The minimum Gasteiger partial charge on any atom is -0.411 e. The van der Waals surface area contributed by atoms with E-state index < -0.39 is 33.0 Å². The Kier molecular flexibility index (Phi) is 12.9. The lowest BCUT2D eigenvalue weighted by atomic mass is 9.89. The summed E-state index contributed by atoms with van der Waals surface area (Å²) in [6.45, 7) is 22.7. The molecule has 2 aliphatic heterocycles. The summed E-state index contributed by atoms with van der Waals surface area (Å²) >= 11 is 0. The molecule has 0 aromatic heterocycles. The largest absolute Gasteiger partial charge is 0.411 e. The molecular weight excluding hydrogens is 571 g/mol. The first-order chi connectivity index (χ1) is 19.2. The topological polar surface area (TPSA) is 40.0 Å². The molecule has 0 saturated carbocycles. The molecule has 2 bridgehead atoms. The predicted octanol–water partition coefficient (Wildman–Crippen LogP) is 10.1. The molecule has 0 aliphatic carbocycles. The minimum absolute atomic E-state index is 0.0962. The summed E-state index contributed by atoms with van der Waals surface area (Å²) in [5.41, 5.74) is 0.822. The van der Waals surface area contributed by atoms with Gasteiger partial charge in [-0.05, 0) is 89.2 Å². The number of hydrogen-bond donors (Lipinski definition) is 0. The third kappa shape index (κ3) is 10.6. The van der Waals surface area contributed by atoms with Crippen LogP contribution >= 0.6 is 0 Å². The Hall–Kier alpha value is -0.362. The van der Waals surface area contributed by atoms with Gasteiger partial charge in [-0.3, -0.25) is 4.99 Å². The van der Waals surface area contributed by atoms with Gasteiger partial charge in [0.1, 0.15) is 5.60 Å². The zero-order chi connectivity index (χ0) is 30.2. The van der Waals surface area contributed by atoms with Crippen LogP contribution in [0.5, 0.6) is 0 Å². The molecule has 2 aliphatic rings. The average Bonchev–Trinajstić information content (AvgIpc) is 2.90. The van der Waals surface area contributed by atoms with E-state index >= 15 is 0 Å². The Morgan fingerprint density at radius 1 is 0.756 bits per heavy atom. The summed E-state index contributed by atoms with van der Waals surface area (Å²) in [6.07, 6.45) is 9.51. The SMILES string of the molecule is CCC1O[Si](C)(C)CCC[Si]2(CCC/N=C/c3ccccc3)CCC[Si](C)(C)OC(CC)C1(C)O[Si](C)(C)CCC2. The standard InChI is InChI=1S/C33H63NO3Si4/c1-10-31-33(3)32(11-2)36-39(6,7)23-17-27-41(26-16-22-38(4,5)35-31,28-18-24-40(8,9)37-33)25-15-21-34-29-30-19-13-12-14-20-30/h12-14,19-20,29,31-32H,10-11,15-18,21-28H2,1-9H3/b34-29+. The molecule has 1 aromatic carbocycles. The van der Waals surface area contributed by atoms with Crippen LogP contribution in [0.1, 0.15) is 64.9 Å². The van der Waals surface area contributed by atoms with Crippen LogP contribution in [-0.2, 0) is 13.3 Å². The summed E-state index contributed by atoms with van der Waals surface area (Å²) in [6, 6.07) is 20.1. The van der Waals surface area contributed by atoms with Gasteiger partial charge in [-0.2, -0.15) is 0 Å². The Morgan fingerprint density at radius 3 is 1.73 bits per heavy atom. The first kappa shape index (κ1) is 35.1. The van der Waals surface area contributed by atoms with Crippen molar-refractivity contribution in [2.75, 3.05) is 6.54 Å². The fourth-order valence-corrected chi connectivity index (χ4v) is 21.2. The van der Waals surface area contributed by atoms with Gasteiger partial charge in [-0.1, -0.05) is 87.6 Å². The molecule has 2 unspecified atom stereocenters. The van der Waals surface area contributed by atoms with Gasteiger partial charge in [0.05, 0.1) is 20.3 Å². The van der Waals surface area contributed by atoms with E-state index in [1.165, 1.54) is 73.6 Å². The lowest BCUT2D eigenvalue weighted by Crippen LogP contribution is -2.61. The fourth-order valence-electron chi connectivity index (χ4n) is 7.76. The van der Waals surface area contributed by atoms with E-state index in [1.807, 2.05) is 0 Å². The van der Waals surface area contributed by atoms with Crippen molar-refractivity contribution >= 4 is 39.2 Å². The zero-order valence-corrected chi connectivity index (χ0v) is 32.2. The number of hydrogen-bond acceptors (Lipinski definition) is 4. The lowest BCUT2D eigenvalue weighted by molar-refractivity contribution is -0.111. The molecule has 4 nitrogen and oxygen atoms in total. The highest BCUT2D eigenvalue weighted by Gasteiger charge is 2.50. The maximum atomic E-state index is 7.45. The molecule has 1 aromatic rings. The summed E-state index contributed by atoms with van der Waals surface area (Å²) < 4.78 is 22.0. The number of fused-ring (bicyclic) bond motifs is 6. The first-order valence-corrected chi connectivity index (χ1v) is 29.0. The van der Waals surface area contributed by atoms with Gasteiger partial charge in [0.2, 0.25) is 0 Å². The predicted molar refractivity (Wildman–Crippen MR) is 189 cm³/mol. The summed E-state index contributed by atoms with van der Waals surface area (Å²) in [5, 5.41) is 0. The number of nitrogens with zero attached hydrogens (tertiary/aromatic N) is 1. The van der Waals surface area contributed by atoms with E-state index in [0.717, 1.165) is 19.4 Å². The summed E-state index contributed by atoms with van der Waals surface area (Å²) in [5.74, 6) is 0. The van der Waals surface area contributed by atoms with Crippen LogP contribution in [0.15, 0.2) is 35.3 Å². The molecule has 0 spiro atoms. The Morgan fingerprint density at radius 2 is 1.24 bits per heavy atom. The van der Waals surface area contributed by atoms with Gasteiger partial charge in [0.15, 0.2) is 25.0 Å². The average molecular weight is 634 g/mol. The van der Waals surface area contributed by atoms with Crippen molar-refractivity contribution in [3.63, 3.8) is 0 Å². The molecule has 2 heterocycles. The quantitative estimate of drug-likeness (QED) is 0.170. The summed E-state index contributed by atoms with van der Waals surface area (Å²) in [4.78, 5) is 4.86. The van der Waals surface area contributed by atoms with Crippen LogP contribution in [0.2, 0.25) is 81.6 Å². The molecule has 0 radical (unpaired) electrons. The summed E-state index contributed by atoms with van der Waals surface area (Å²) in [7, 11) is -7.15. The van der Waals surface area contributed by atoms with Crippen LogP contribution in [0, 0.1) is 0 Å². The van der Waals surface area contributed by atoms with Gasteiger partial charge in [-0.15, -0.1) is 0 Å². The molecule has 2 atom stereocenters. The van der Waals surface area contributed by atoms with Crippen LogP contribution in [0.25, 0.3) is 0 Å². The highest BCUT2D eigenvalue weighted by atomic mass is 28.4. The van der Waals surface area contributed by atoms with Crippen molar-refractivity contribution in [2.24, 2.45) is 4.99 Å². The smallest absolute Gasteiger partial charge is 0.187 e. The molecule has 8 heteroatoms. The molecule has 0 amide bonds. The fraction of sp³-hybridized carbons (Fsp3) is 0.788. The lowest BCUT2D eigenvalue weighted by Gasteiger charge is -2.50. The van der Waals surface area contributed by atoms with E-state index in [1.54, 1.807) is 0 Å². The van der Waals surface area contributed by atoms with Crippen LogP contribution in [0.4, 0.5) is 0 Å². The van der Waals surface area contributed by atoms with Gasteiger partial charge < -0.3 is 13.3 Å². The highest BCUT2D eigenvalue weighted by Crippen LogP contribution is 2.42. The Balaban J connectivity index is 1.94. The third-order valence-corrected chi connectivity index (χ3v) is 23.1. The van der Waals surface area contributed by atoms with Crippen LogP contribution in [-0.4, -0.2) is 63.6 Å². The van der Waals surface area contributed by atoms with Crippen molar-refractivity contribution in [3.8, 4) is 0 Å². The number of rotatable bonds is 7. The second-order valence-corrected chi connectivity index (χ2v) is 32.9. The van der Waals surface area contributed by atoms with Crippen molar-refractivity contribution in [1.82, 2.24) is 0 Å². The monoisotopic (exact) mass is 633 g/mol. The van der Waals surface area contributed by atoms with E-state index in [9.17, 15) is 0 Å². The van der Waals surface area contributed by atoms with E-state index in [0.29, 0.717) is 0 Å². The second kappa shape index (κ2) is 15.1. The van der Waals surface area contributed by atoms with Crippen molar-refractivity contribution in [3.05, 3.63) is 35.9 Å². The van der Waals surface area contributed by atoms with E-state index in [4.69, 9.17) is 18.3 Å². The Labute approximate surface area is 257 Å². The van der Waals surface area contributed by atoms with E-state index in [2.05, 4.69) is 96.6 Å². The number of benzene rings is 1. The third-order valence-electron chi connectivity index (χ3n) is 9.93. The molecule has 2 saturated heterocycles. The maximum absolute atomic E-state index is 7.45. The van der Waals surface area contributed by atoms with Crippen LogP contribution < -0.4 is 0 Å². The molecular formula is C33H63NO3Si4. The molecule has 41 heavy (non-hydrogen) atoms. The minimum atomic E-state index is -1.94. The van der Waals surface area contributed by atoms with E-state index in [-0.39, 0.29) is 17.8 Å². The molecule has 234 valence electrons. The maximum Gasteiger partial charge on any atom is 0.187 e. The van der Waals surface area contributed by atoms with Crippen molar-refractivity contribution in [1.29, 1.82) is 0 Å². The van der Waals surface area contributed by atoms with Gasteiger partial charge in [0.25, 0.3) is 0 Å². The first-order valence-electron chi connectivity index (χ1n) is 16.8. The van der Waals surface area contributed by atoms with Gasteiger partial charge in [0, 0.05) is 12.8 Å². The Bertz CT molecular complexity index is 921. The van der Waals surface area contributed by atoms with Crippen LogP contribution in [0.3, 0.4) is 0 Å². The molecule has 3 rings (SSSR count). The zero-order valence-electron chi connectivity index (χ0n) is 28.2. The molecule has 2 fully saturated rings. The normalized spacial score (nSPS) is 33.0. The van der Waals surface area contributed by atoms with Gasteiger partial charge >= 0.3 is 0 Å². The van der Waals surface area contributed by atoms with Gasteiger partial charge in [-0.25, -0.2) is 0 Å². The van der Waals surface area contributed by atoms with Crippen molar-refractivity contribution < 1.29 is 13.3 Å². The number of aliphatic imine (C=N–C) groups is 1. The van der Waals surface area contributed by atoms with Crippen molar-refractivity contribution in [2.45, 2.75) is 159 Å². The highest BCUT2D eigenvalue weighted by molar-refractivity contribution is 6.80. The second-order valence-electron chi connectivity index (χ2n) is 15.2. The molecule has 0 N–H and O–H groups in total.